The Hall–Kier alpha value is -0.930. The molecule has 0 fully saturated rings. The molecule has 3 nitrogen and oxygen atoms in total. The molecule has 0 heterocycles. The summed E-state index contributed by atoms with van der Waals surface area (Å²) in [6.07, 6.45) is 0.790. The van der Waals surface area contributed by atoms with E-state index in [2.05, 4.69) is 0 Å². The summed E-state index contributed by atoms with van der Waals surface area (Å²) in [4.78, 5) is 11.1. The molecule has 1 aromatic carbocycles. The number of rotatable bonds is 5. The lowest BCUT2D eigenvalue weighted by Gasteiger charge is -2.06. The van der Waals surface area contributed by atoms with Crippen LogP contribution < -0.4 is 4.74 Å². The zero-order valence-corrected chi connectivity index (χ0v) is 10.3. The first kappa shape index (κ1) is 13.1. The maximum atomic E-state index is 11.1. The van der Waals surface area contributed by atoms with Gasteiger partial charge in [0.2, 0.25) is 0 Å². The second-order valence-corrected chi connectivity index (χ2v) is 3.90. The Morgan fingerprint density at radius 1 is 1.31 bits per heavy atom. The van der Waals surface area contributed by atoms with Crippen LogP contribution in [-0.4, -0.2) is 19.2 Å². The molecule has 0 amide bonds. The monoisotopic (exact) mass is 262 g/mol. The fourth-order valence-corrected chi connectivity index (χ4v) is 1.25. The molecule has 0 aliphatic heterocycles. The maximum absolute atomic E-state index is 11.1. The van der Waals surface area contributed by atoms with Gasteiger partial charge in [-0.15, -0.1) is 0 Å². The second-order valence-electron chi connectivity index (χ2n) is 3.09. The predicted octanol–water partition coefficient (Wildman–Crippen LogP) is 3.33. The van der Waals surface area contributed by atoms with Gasteiger partial charge in [0.15, 0.2) is 6.61 Å². The van der Waals surface area contributed by atoms with Crippen LogP contribution in [0.2, 0.25) is 10.0 Å². The van der Waals surface area contributed by atoms with Gasteiger partial charge < -0.3 is 9.47 Å². The molecular formula is C11H12Cl2O3. The Balaban J connectivity index is 2.42. The van der Waals surface area contributed by atoms with Crippen LogP contribution in [0, 0.1) is 0 Å². The van der Waals surface area contributed by atoms with Crippen LogP contribution in [0.4, 0.5) is 0 Å². The van der Waals surface area contributed by atoms with Crippen LogP contribution in [0.15, 0.2) is 18.2 Å². The normalized spacial score (nSPS) is 9.94. The van der Waals surface area contributed by atoms with Crippen molar-refractivity contribution in [3.05, 3.63) is 28.2 Å². The van der Waals surface area contributed by atoms with E-state index in [-0.39, 0.29) is 6.61 Å². The Bertz CT molecular complexity index is 366. The highest BCUT2D eigenvalue weighted by Crippen LogP contribution is 2.26. The largest absolute Gasteiger partial charge is 0.482 e. The summed E-state index contributed by atoms with van der Waals surface area (Å²) in [5, 5.41) is 0.837. The van der Waals surface area contributed by atoms with E-state index in [1.807, 2.05) is 6.92 Å². The molecule has 0 aliphatic carbocycles. The lowest BCUT2D eigenvalue weighted by molar-refractivity contribution is -0.146. The highest BCUT2D eigenvalue weighted by molar-refractivity contribution is 6.42. The van der Waals surface area contributed by atoms with Crippen molar-refractivity contribution in [2.45, 2.75) is 13.3 Å². The van der Waals surface area contributed by atoms with Crippen LogP contribution in [0.3, 0.4) is 0 Å². The minimum Gasteiger partial charge on any atom is -0.482 e. The van der Waals surface area contributed by atoms with Crippen molar-refractivity contribution in [3.63, 3.8) is 0 Å². The summed E-state index contributed by atoms with van der Waals surface area (Å²) in [6, 6.07) is 4.80. The molecule has 0 unspecified atom stereocenters. The molecule has 0 aromatic heterocycles. The molecule has 0 N–H and O–H groups in total. The van der Waals surface area contributed by atoms with E-state index < -0.39 is 5.97 Å². The Kier molecular flexibility index (Phi) is 5.43. The van der Waals surface area contributed by atoms with E-state index in [4.69, 9.17) is 32.7 Å². The van der Waals surface area contributed by atoms with Crippen molar-refractivity contribution >= 4 is 29.2 Å². The summed E-state index contributed by atoms with van der Waals surface area (Å²) in [7, 11) is 0. The second kappa shape index (κ2) is 6.61. The average molecular weight is 263 g/mol. The van der Waals surface area contributed by atoms with Gasteiger partial charge in [-0.25, -0.2) is 4.79 Å². The van der Waals surface area contributed by atoms with Crippen molar-refractivity contribution < 1.29 is 14.3 Å². The quantitative estimate of drug-likeness (QED) is 0.764. The van der Waals surface area contributed by atoms with E-state index in [0.717, 1.165) is 6.42 Å². The number of benzene rings is 1. The maximum Gasteiger partial charge on any atom is 0.344 e. The first-order valence-electron chi connectivity index (χ1n) is 4.87. The SMILES string of the molecule is CCCOC(=O)COc1ccc(Cl)c(Cl)c1. The Labute approximate surface area is 104 Å². The van der Waals surface area contributed by atoms with Gasteiger partial charge in [0.1, 0.15) is 5.75 Å². The smallest absolute Gasteiger partial charge is 0.344 e. The first-order chi connectivity index (χ1) is 7.63. The third-order valence-electron chi connectivity index (χ3n) is 1.71. The van der Waals surface area contributed by atoms with Crippen LogP contribution in [0.25, 0.3) is 0 Å². The van der Waals surface area contributed by atoms with Gasteiger partial charge in [0, 0.05) is 6.07 Å². The van der Waals surface area contributed by atoms with E-state index in [1.165, 1.54) is 0 Å². The molecule has 1 rings (SSSR count). The molecule has 0 bridgehead atoms. The van der Waals surface area contributed by atoms with Crippen LogP contribution in [0.5, 0.6) is 5.75 Å². The minimum absolute atomic E-state index is 0.127. The standard InChI is InChI=1S/C11H12Cl2O3/c1-2-5-15-11(14)7-16-8-3-4-9(12)10(13)6-8/h3-4,6H,2,5,7H2,1H3. The summed E-state index contributed by atoms with van der Waals surface area (Å²) in [6.45, 7) is 2.20. The van der Waals surface area contributed by atoms with Gasteiger partial charge in [-0.2, -0.15) is 0 Å². The van der Waals surface area contributed by atoms with Crippen molar-refractivity contribution in [2.75, 3.05) is 13.2 Å². The summed E-state index contributed by atoms with van der Waals surface area (Å²) in [5.41, 5.74) is 0. The highest BCUT2D eigenvalue weighted by atomic mass is 35.5. The number of hydrogen-bond acceptors (Lipinski definition) is 3. The van der Waals surface area contributed by atoms with Crippen LogP contribution in [-0.2, 0) is 9.53 Å². The number of carbonyl (C=O) groups is 1. The lowest BCUT2D eigenvalue weighted by Crippen LogP contribution is -2.15. The molecule has 88 valence electrons. The summed E-state index contributed by atoms with van der Waals surface area (Å²) in [5.74, 6) is 0.0933. The molecule has 16 heavy (non-hydrogen) atoms. The lowest BCUT2D eigenvalue weighted by atomic mass is 10.3. The number of halogens is 2. The van der Waals surface area contributed by atoms with E-state index in [9.17, 15) is 4.79 Å². The Morgan fingerprint density at radius 3 is 2.69 bits per heavy atom. The van der Waals surface area contributed by atoms with Gasteiger partial charge in [-0.1, -0.05) is 30.1 Å². The Morgan fingerprint density at radius 2 is 2.06 bits per heavy atom. The number of carbonyl (C=O) groups excluding carboxylic acids is 1. The highest BCUT2D eigenvalue weighted by Gasteiger charge is 2.05. The third kappa shape index (κ3) is 4.29. The van der Waals surface area contributed by atoms with Crippen molar-refractivity contribution in [3.8, 4) is 5.75 Å². The molecule has 0 atom stereocenters. The fraction of sp³-hybridized carbons (Fsp3) is 0.364. The fourth-order valence-electron chi connectivity index (χ4n) is 0.966. The zero-order chi connectivity index (χ0) is 12.0. The van der Waals surface area contributed by atoms with Gasteiger partial charge in [-0.3, -0.25) is 0 Å². The number of hydrogen-bond donors (Lipinski definition) is 0. The zero-order valence-electron chi connectivity index (χ0n) is 8.83. The number of ether oxygens (including phenoxy) is 2. The van der Waals surface area contributed by atoms with E-state index in [0.29, 0.717) is 22.4 Å². The molecule has 0 saturated heterocycles. The molecule has 1 aromatic rings. The van der Waals surface area contributed by atoms with Gasteiger partial charge in [-0.05, 0) is 18.6 Å². The molecular weight excluding hydrogens is 251 g/mol. The van der Waals surface area contributed by atoms with Gasteiger partial charge in [0.05, 0.1) is 16.7 Å². The molecule has 0 saturated carbocycles. The van der Waals surface area contributed by atoms with Crippen molar-refractivity contribution in [1.29, 1.82) is 0 Å². The predicted molar refractivity (Wildman–Crippen MR) is 63.2 cm³/mol. The molecule has 0 radical (unpaired) electrons. The van der Waals surface area contributed by atoms with Gasteiger partial charge in [0.25, 0.3) is 0 Å². The van der Waals surface area contributed by atoms with Gasteiger partial charge >= 0.3 is 5.97 Å². The molecule has 0 aliphatic rings. The van der Waals surface area contributed by atoms with Crippen molar-refractivity contribution in [2.24, 2.45) is 0 Å². The van der Waals surface area contributed by atoms with Crippen LogP contribution in [0.1, 0.15) is 13.3 Å². The van der Waals surface area contributed by atoms with E-state index >= 15 is 0 Å². The molecule has 5 heteroatoms. The average Bonchev–Trinajstić information content (AvgIpc) is 2.28. The van der Waals surface area contributed by atoms with Crippen molar-refractivity contribution in [1.82, 2.24) is 0 Å². The first-order valence-corrected chi connectivity index (χ1v) is 5.62. The minimum atomic E-state index is -0.395. The topological polar surface area (TPSA) is 35.5 Å². The summed E-state index contributed by atoms with van der Waals surface area (Å²) < 4.78 is 10.0. The third-order valence-corrected chi connectivity index (χ3v) is 2.45. The van der Waals surface area contributed by atoms with Crippen LogP contribution >= 0.6 is 23.2 Å². The number of esters is 1. The van der Waals surface area contributed by atoms with E-state index in [1.54, 1.807) is 18.2 Å². The molecule has 0 spiro atoms. The summed E-state index contributed by atoms with van der Waals surface area (Å²) >= 11 is 11.5.